The van der Waals surface area contributed by atoms with Gasteiger partial charge in [0.2, 0.25) is 0 Å². The molecule has 25 heavy (non-hydrogen) atoms. The van der Waals surface area contributed by atoms with E-state index in [0.29, 0.717) is 17.8 Å². The third-order valence-corrected chi connectivity index (χ3v) is 4.53. The number of likely N-dealkylation sites (tertiary alicyclic amines) is 1. The largest absolute Gasteiger partial charge is 0.334 e. The SMILES string of the molecule is Cc1cnn(C[C@H]2CCCN2C(=O)c2ccccc2-n2cnnn2)c1. The van der Waals surface area contributed by atoms with E-state index in [1.54, 1.807) is 0 Å². The van der Waals surface area contributed by atoms with E-state index in [1.165, 1.54) is 11.0 Å². The van der Waals surface area contributed by atoms with E-state index in [1.807, 2.05) is 53.2 Å². The molecule has 128 valence electrons. The van der Waals surface area contributed by atoms with Gasteiger partial charge >= 0.3 is 0 Å². The smallest absolute Gasteiger partial charge is 0.256 e. The summed E-state index contributed by atoms with van der Waals surface area (Å²) in [7, 11) is 0. The number of aromatic nitrogens is 6. The van der Waals surface area contributed by atoms with Crippen LogP contribution in [-0.2, 0) is 6.54 Å². The summed E-state index contributed by atoms with van der Waals surface area (Å²) in [6, 6.07) is 7.57. The summed E-state index contributed by atoms with van der Waals surface area (Å²) >= 11 is 0. The van der Waals surface area contributed by atoms with Crippen LogP contribution < -0.4 is 0 Å². The van der Waals surface area contributed by atoms with E-state index in [0.717, 1.165) is 24.9 Å². The van der Waals surface area contributed by atoms with Crippen molar-refractivity contribution in [1.29, 1.82) is 0 Å². The van der Waals surface area contributed by atoms with Crippen LogP contribution in [0.4, 0.5) is 0 Å². The van der Waals surface area contributed by atoms with Crippen molar-refractivity contribution in [2.75, 3.05) is 6.54 Å². The van der Waals surface area contributed by atoms with E-state index in [2.05, 4.69) is 20.6 Å². The molecule has 2 aromatic heterocycles. The van der Waals surface area contributed by atoms with Crippen LogP contribution in [-0.4, -0.2) is 53.4 Å². The summed E-state index contributed by atoms with van der Waals surface area (Å²) in [4.78, 5) is 15.1. The summed E-state index contributed by atoms with van der Waals surface area (Å²) < 4.78 is 3.44. The topological polar surface area (TPSA) is 81.7 Å². The molecule has 0 radical (unpaired) electrons. The van der Waals surface area contributed by atoms with Gasteiger partial charge in [0.05, 0.1) is 30.0 Å². The third kappa shape index (κ3) is 3.02. The van der Waals surface area contributed by atoms with E-state index < -0.39 is 0 Å². The van der Waals surface area contributed by atoms with Crippen LogP contribution in [0.15, 0.2) is 43.0 Å². The van der Waals surface area contributed by atoms with Gasteiger partial charge in [-0.3, -0.25) is 9.48 Å². The van der Waals surface area contributed by atoms with Crippen molar-refractivity contribution in [1.82, 2.24) is 34.9 Å². The van der Waals surface area contributed by atoms with Gasteiger partial charge in [0.15, 0.2) is 0 Å². The predicted molar refractivity (Wildman–Crippen MR) is 90.2 cm³/mol. The normalized spacial score (nSPS) is 17.2. The van der Waals surface area contributed by atoms with Gasteiger partial charge in [-0.2, -0.15) is 9.78 Å². The minimum atomic E-state index is 0.0116. The molecule has 3 heterocycles. The fraction of sp³-hybridized carbons (Fsp3) is 0.353. The highest BCUT2D eigenvalue weighted by atomic mass is 16.2. The Morgan fingerprint density at radius 2 is 2.20 bits per heavy atom. The average molecular weight is 337 g/mol. The molecule has 0 saturated carbocycles. The molecule has 8 heteroatoms. The number of amides is 1. The summed E-state index contributed by atoms with van der Waals surface area (Å²) in [5, 5.41) is 15.6. The molecule has 0 bridgehead atoms. The summed E-state index contributed by atoms with van der Waals surface area (Å²) in [5.74, 6) is 0.0116. The standard InChI is InChI=1S/C17H19N7O/c1-13-9-19-22(10-13)11-14-5-4-8-23(14)17(25)15-6-2-3-7-16(15)24-12-18-20-21-24/h2-3,6-7,9-10,12,14H,4-5,8,11H2,1H3/t14-/m1/s1. The van der Waals surface area contributed by atoms with E-state index in [4.69, 9.17) is 0 Å². The molecule has 0 aliphatic carbocycles. The van der Waals surface area contributed by atoms with Crippen molar-refractivity contribution in [3.05, 3.63) is 54.1 Å². The van der Waals surface area contributed by atoms with Gasteiger partial charge in [-0.05, 0) is 47.9 Å². The fourth-order valence-corrected chi connectivity index (χ4v) is 3.36. The Balaban J connectivity index is 1.60. The highest BCUT2D eigenvalue weighted by molar-refractivity contribution is 5.98. The Bertz CT molecular complexity index is 871. The molecule has 3 aromatic rings. The molecule has 0 spiro atoms. The van der Waals surface area contributed by atoms with Crippen LogP contribution in [0.5, 0.6) is 0 Å². The second kappa shape index (κ2) is 6.46. The number of para-hydroxylation sites is 1. The van der Waals surface area contributed by atoms with Gasteiger partial charge in [0.1, 0.15) is 6.33 Å². The van der Waals surface area contributed by atoms with Gasteiger partial charge in [-0.1, -0.05) is 12.1 Å². The average Bonchev–Trinajstić information content (AvgIpc) is 3.37. The summed E-state index contributed by atoms with van der Waals surface area (Å²) in [6.07, 6.45) is 7.34. The Kier molecular flexibility index (Phi) is 4.01. The highest BCUT2D eigenvalue weighted by Gasteiger charge is 2.31. The first-order valence-corrected chi connectivity index (χ1v) is 8.35. The molecule has 1 aromatic carbocycles. The van der Waals surface area contributed by atoms with Crippen LogP contribution in [0, 0.1) is 6.92 Å². The first-order chi connectivity index (χ1) is 12.2. The Hall–Kier alpha value is -3.03. The minimum absolute atomic E-state index is 0.0116. The zero-order valence-corrected chi connectivity index (χ0v) is 14.0. The number of carbonyl (C=O) groups excluding carboxylic acids is 1. The van der Waals surface area contributed by atoms with Crippen molar-refractivity contribution in [2.45, 2.75) is 32.4 Å². The quantitative estimate of drug-likeness (QED) is 0.720. The number of rotatable bonds is 4. The van der Waals surface area contributed by atoms with E-state index >= 15 is 0 Å². The van der Waals surface area contributed by atoms with Gasteiger partial charge in [0.25, 0.3) is 5.91 Å². The highest BCUT2D eigenvalue weighted by Crippen LogP contribution is 2.24. The van der Waals surface area contributed by atoms with Gasteiger partial charge in [0, 0.05) is 12.7 Å². The number of hydrogen-bond donors (Lipinski definition) is 0. The molecule has 0 N–H and O–H groups in total. The second-order valence-corrected chi connectivity index (χ2v) is 6.31. The van der Waals surface area contributed by atoms with E-state index in [-0.39, 0.29) is 11.9 Å². The maximum Gasteiger partial charge on any atom is 0.256 e. The first kappa shape index (κ1) is 15.5. The van der Waals surface area contributed by atoms with Gasteiger partial charge < -0.3 is 4.90 Å². The lowest BCUT2D eigenvalue weighted by Gasteiger charge is -2.25. The van der Waals surface area contributed by atoms with Gasteiger partial charge in [-0.25, -0.2) is 0 Å². The monoisotopic (exact) mass is 337 g/mol. The fourth-order valence-electron chi connectivity index (χ4n) is 3.36. The maximum absolute atomic E-state index is 13.2. The number of aryl methyl sites for hydroxylation is 1. The van der Waals surface area contributed by atoms with Crippen molar-refractivity contribution in [3.63, 3.8) is 0 Å². The Morgan fingerprint density at radius 3 is 2.96 bits per heavy atom. The lowest BCUT2D eigenvalue weighted by molar-refractivity contribution is 0.0721. The van der Waals surface area contributed by atoms with Crippen molar-refractivity contribution >= 4 is 5.91 Å². The first-order valence-electron chi connectivity index (χ1n) is 8.35. The summed E-state index contributed by atoms with van der Waals surface area (Å²) in [5.41, 5.74) is 2.43. The number of benzene rings is 1. The molecule has 8 nitrogen and oxygen atoms in total. The molecular formula is C17H19N7O. The molecular weight excluding hydrogens is 318 g/mol. The number of carbonyl (C=O) groups is 1. The van der Waals surface area contributed by atoms with E-state index in [9.17, 15) is 4.79 Å². The zero-order chi connectivity index (χ0) is 17.2. The van der Waals surface area contributed by atoms with Crippen LogP contribution in [0.25, 0.3) is 5.69 Å². The number of tetrazole rings is 1. The minimum Gasteiger partial charge on any atom is -0.334 e. The van der Waals surface area contributed by atoms with Crippen molar-refractivity contribution in [3.8, 4) is 5.69 Å². The lowest BCUT2D eigenvalue weighted by Crippen LogP contribution is -2.38. The third-order valence-electron chi connectivity index (χ3n) is 4.53. The van der Waals surface area contributed by atoms with Crippen molar-refractivity contribution < 1.29 is 4.79 Å². The van der Waals surface area contributed by atoms with Crippen LogP contribution in [0.3, 0.4) is 0 Å². The molecule has 1 fully saturated rings. The number of nitrogens with zero attached hydrogens (tertiary/aromatic N) is 7. The second-order valence-electron chi connectivity index (χ2n) is 6.31. The predicted octanol–water partition coefficient (Wildman–Crippen LogP) is 1.47. The maximum atomic E-state index is 13.2. The Labute approximate surface area is 145 Å². The molecule has 1 saturated heterocycles. The number of hydrogen-bond acceptors (Lipinski definition) is 5. The lowest BCUT2D eigenvalue weighted by atomic mass is 10.1. The van der Waals surface area contributed by atoms with Crippen LogP contribution in [0.1, 0.15) is 28.8 Å². The Morgan fingerprint density at radius 1 is 1.32 bits per heavy atom. The van der Waals surface area contributed by atoms with Crippen LogP contribution in [0.2, 0.25) is 0 Å². The molecule has 0 unspecified atom stereocenters. The molecule has 4 rings (SSSR count). The van der Waals surface area contributed by atoms with Crippen LogP contribution >= 0.6 is 0 Å². The summed E-state index contributed by atoms with van der Waals surface area (Å²) in [6.45, 7) is 3.49. The molecule has 1 amide bonds. The van der Waals surface area contributed by atoms with Crippen molar-refractivity contribution in [2.24, 2.45) is 0 Å². The molecule has 1 aliphatic heterocycles. The zero-order valence-electron chi connectivity index (χ0n) is 14.0. The molecule has 1 aliphatic rings. The molecule has 1 atom stereocenters. The van der Waals surface area contributed by atoms with Gasteiger partial charge in [-0.15, -0.1) is 5.10 Å².